The van der Waals surface area contributed by atoms with Gasteiger partial charge in [0.05, 0.1) is 6.61 Å². The molecule has 0 heterocycles. The zero-order valence-corrected chi connectivity index (χ0v) is 7.75. The Morgan fingerprint density at radius 3 is 2.54 bits per heavy atom. The molecule has 1 aromatic carbocycles. The van der Waals surface area contributed by atoms with Crippen LogP contribution in [0.2, 0.25) is 0 Å². The second-order valence-corrected chi connectivity index (χ2v) is 3.45. The smallest absolute Gasteiger partial charge is 0.165 e. The predicted octanol–water partition coefficient (Wildman–Crippen LogP) is 1.98. The third-order valence-corrected chi connectivity index (χ3v) is 1.60. The summed E-state index contributed by atoms with van der Waals surface area (Å²) in [6.07, 6.45) is 0. The summed E-state index contributed by atoms with van der Waals surface area (Å²) in [5.41, 5.74) is -0.748. The molecule has 0 saturated heterocycles. The Kier molecular flexibility index (Phi) is 2.88. The van der Waals surface area contributed by atoms with Crippen molar-refractivity contribution in [2.24, 2.45) is 0 Å². The summed E-state index contributed by atoms with van der Waals surface area (Å²) in [5.74, 6) is -0.245. The van der Waals surface area contributed by atoms with E-state index in [4.69, 9.17) is 9.84 Å². The predicted molar refractivity (Wildman–Crippen MR) is 48.2 cm³/mol. The summed E-state index contributed by atoms with van der Waals surface area (Å²) in [4.78, 5) is 0. The lowest BCUT2D eigenvalue weighted by Crippen LogP contribution is -2.32. The summed E-state index contributed by atoms with van der Waals surface area (Å²) >= 11 is 0. The molecule has 0 bridgehead atoms. The van der Waals surface area contributed by atoms with Crippen LogP contribution in [0.15, 0.2) is 24.3 Å². The molecule has 0 aromatic heterocycles. The van der Waals surface area contributed by atoms with E-state index < -0.39 is 11.4 Å². The molecule has 3 heteroatoms. The molecule has 13 heavy (non-hydrogen) atoms. The first-order valence-corrected chi connectivity index (χ1v) is 4.09. The largest absolute Gasteiger partial charge is 0.482 e. The normalized spacial score (nSPS) is 11.4. The highest BCUT2D eigenvalue weighted by atomic mass is 19.1. The average Bonchev–Trinajstić information content (AvgIpc) is 2.09. The summed E-state index contributed by atoms with van der Waals surface area (Å²) < 4.78 is 18.3. The van der Waals surface area contributed by atoms with Gasteiger partial charge in [-0.25, -0.2) is 4.39 Å². The maximum absolute atomic E-state index is 13.0. The molecule has 72 valence electrons. The van der Waals surface area contributed by atoms with Gasteiger partial charge in [-0.15, -0.1) is 0 Å². The van der Waals surface area contributed by atoms with E-state index in [1.165, 1.54) is 12.1 Å². The topological polar surface area (TPSA) is 29.5 Å². The minimum Gasteiger partial charge on any atom is -0.482 e. The summed E-state index contributed by atoms with van der Waals surface area (Å²) in [5, 5.41) is 8.90. The zero-order valence-electron chi connectivity index (χ0n) is 7.75. The SMILES string of the molecule is CC(C)(CO)Oc1ccccc1F. The molecule has 0 saturated carbocycles. The molecule has 0 aliphatic rings. The number of para-hydroxylation sites is 1. The van der Waals surface area contributed by atoms with Crippen molar-refractivity contribution in [2.75, 3.05) is 6.61 Å². The second-order valence-electron chi connectivity index (χ2n) is 3.45. The van der Waals surface area contributed by atoms with Gasteiger partial charge in [0.2, 0.25) is 0 Å². The van der Waals surface area contributed by atoms with Gasteiger partial charge in [0.1, 0.15) is 5.60 Å². The molecule has 0 aliphatic carbocycles. The number of benzene rings is 1. The van der Waals surface area contributed by atoms with Crippen molar-refractivity contribution < 1.29 is 14.2 Å². The van der Waals surface area contributed by atoms with E-state index in [2.05, 4.69) is 0 Å². The van der Waals surface area contributed by atoms with Crippen molar-refractivity contribution in [3.05, 3.63) is 30.1 Å². The number of aliphatic hydroxyl groups is 1. The van der Waals surface area contributed by atoms with E-state index in [1.54, 1.807) is 26.0 Å². The Morgan fingerprint density at radius 2 is 2.00 bits per heavy atom. The Bertz CT molecular complexity index is 284. The van der Waals surface area contributed by atoms with Crippen LogP contribution >= 0.6 is 0 Å². The van der Waals surface area contributed by atoms with Gasteiger partial charge in [-0.05, 0) is 26.0 Å². The minimum absolute atomic E-state index is 0.151. The monoisotopic (exact) mass is 184 g/mol. The molecular formula is C10H13FO2. The van der Waals surface area contributed by atoms with Crippen LogP contribution in [0.5, 0.6) is 5.75 Å². The lowest BCUT2D eigenvalue weighted by molar-refractivity contribution is 0.0379. The highest BCUT2D eigenvalue weighted by Crippen LogP contribution is 2.20. The molecule has 1 rings (SSSR count). The number of aliphatic hydroxyl groups excluding tert-OH is 1. The first-order chi connectivity index (χ1) is 6.05. The van der Waals surface area contributed by atoms with Crippen LogP contribution < -0.4 is 4.74 Å². The lowest BCUT2D eigenvalue weighted by Gasteiger charge is -2.23. The molecule has 0 aliphatic heterocycles. The molecule has 0 unspecified atom stereocenters. The average molecular weight is 184 g/mol. The molecule has 1 aromatic rings. The minimum atomic E-state index is -0.748. The van der Waals surface area contributed by atoms with Crippen LogP contribution in [0.25, 0.3) is 0 Å². The van der Waals surface area contributed by atoms with E-state index in [-0.39, 0.29) is 12.4 Å². The van der Waals surface area contributed by atoms with Crippen molar-refractivity contribution >= 4 is 0 Å². The van der Waals surface area contributed by atoms with Crippen molar-refractivity contribution in [2.45, 2.75) is 19.4 Å². The Balaban J connectivity index is 2.80. The Morgan fingerprint density at radius 1 is 1.38 bits per heavy atom. The number of rotatable bonds is 3. The molecule has 1 N–H and O–H groups in total. The summed E-state index contributed by atoms with van der Waals surface area (Å²) in [7, 11) is 0. The Hall–Kier alpha value is -1.09. The molecule has 0 amide bonds. The number of hydrogen-bond acceptors (Lipinski definition) is 2. The molecule has 0 spiro atoms. The van der Waals surface area contributed by atoms with Gasteiger partial charge < -0.3 is 9.84 Å². The third-order valence-electron chi connectivity index (χ3n) is 1.60. The van der Waals surface area contributed by atoms with Crippen molar-refractivity contribution in [1.82, 2.24) is 0 Å². The van der Waals surface area contributed by atoms with Crippen LogP contribution in [0.1, 0.15) is 13.8 Å². The third kappa shape index (κ3) is 2.70. The van der Waals surface area contributed by atoms with Gasteiger partial charge in [-0.2, -0.15) is 0 Å². The summed E-state index contributed by atoms with van der Waals surface area (Å²) in [6.45, 7) is 3.24. The molecular weight excluding hydrogens is 171 g/mol. The first-order valence-electron chi connectivity index (χ1n) is 4.09. The highest BCUT2D eigenvalue weighted by Gasteiger charge is 2.19. The number of ether oxygens (including phenoxy) is 1. The van der Waals surface area contributed by atoms with E-state index in [0.717, 1.165) is 0 Å². The van der Waals surface area contributed by atoms with Crippen LogP contribution in [0.4, 0.5) is 4.39 Å². The van der Waals surface area contributed by atoms with Gasteiger partial charge in [0.25, 0.3) is 0 Å². The fraction of sp³-hybridized carbons (Fsp3) is 0.400. The van der Waals surface area contributed by atoms with Crippen LogP contribution in [0.3, 0.4) is 0 Å². The molecule has 0 radical (unpaired) electrons. The van der Waals surface area contributed by atoms with Gasteiger partial charge in [-0.1, -0.05) is 12.1 Å². The van der Waals surface area contributed by atoms with Crippen LogP contribution in [0, 0.1) is 5.82 Å². The van der Waals surface area contributed by atoms with Gasteiger partial charge in [0.15, 0.2) is 11.6 Å². The van der Waals surface area contributed by atoms with Crippen molar-refractivity contribution in [3.8, 4) is 5.75 Å². The van der Waals surface area contributed by atoms with Crippen molar-refractivity contribution in [1.29, 1.82) is 0 Å². The standard InChI is InChI=1S/C10H13FO2/c1-10(2,7-12)13-9-6-4-3-5-8(9)11/h3-6,12H,7H2,1-2H3. The molecule has 0 atom stereocenters. The van der Waals surface area contributed by atoms with Crippen LogP contribution in [-0.4, -0.2) is 17.3 Å². The second kappa shape index (κ2) is 3.75. The Labute approximate surface area is 77.0 Å². The number of hydrogen-bond donors (Lipinski definition) is 1. The van der Waals surface area contributed by atoms with E-state index in [0.29, 0.717) is 0 Å². The maximum atomic E-state index is 13.0. The van der Waals surface area contributed by atoms with Crippen LogP contribution in [-0.2, 0) is 0 Å². The number of halogens is 1. The van der Waals surface area contributed by atoms with E-state index in [1.807, 2.05) is 0 Å². The maximum Gasteiger partial charge on any atom is 0.165 e. The highest BCUT2D eigenvalue weighted by molar-refractivity contribution is 5.24. The fourth-order valence-electron chi connectivity index (χ4n) is 0.857. The first kappa shape index (κ1) is 9.99. The molecule has 0 fully saturated rings. The molecule has 2 nitrogen and oxygen atoms in total. The van der Waals surface area contributed by atoms with Gasteiger partial charge in [0, 0.05) is 0 Å². The zero-order chi connectivity index (χ0) is 9.90. The van der Waals surface area contributed by atoms with Gasteiger partial charge >= 0.3 is 0 Å². The van der Waals surface area contributed by atoms with Crippen molar-refractivity contribution in [3.63, 3.8) is 0 Å². The van der Waals surface area contributed by atoms with E-state index >= 15 is 0 Å². The fourth-order valence-corrected chi connectivity index (χ4v) is 0.857. The quantitative estimate of drug-likeness (QED) is 0.778. The summed E-state index contributed by atoms with van der Waals surface area (Å²) in [6, 6.07) is 6.13. The van der Waals surface area contributed by atoms with Gasteiger partial charge in [-0.3, -0.25) is 0 Å². The lowest BCUT2D eigenvalue weighted by atomic mass is 10.1. The van der Waals surface area contributed by atoms with E-state index in [9.17, 15) is 4.39 Å².